The first-order valence-electron chi connectivity index (χ1n) is 24.8. The molecule has 12 atom stereocenters. The third-order valence-corrected chi connectivity index (χ3v) is 18.9. The van der Waals surface area contributed by atoms with Gasteiger partial charge in [0.1, 0.15) is 12.2 Å². The van der Waals surface area contributed by atoms with Crippen LogP contribution in [-0.2, 0) is 47.7 Å². The van der Waals surface area contributed by atoms with Crippen molar-refractivity contribution in [3.63, 3.8) is 0 Å². The molecule has 10 heteroatoms. The Kier molecular flexibility index (Phi) is 13.4. The molecule has 6 fully saturated rings. The molecule has 0 aliphatic heterocycles. The number of carbonyl (C=O) groups excluding carboxylic acids is 6. The lowest BCUT2D eigenvalue weighted by Crippen LogP contribution is -2.51. The van der Waals surface area contributed by atoms with E-state index in [2.05, 4.69) is 27.7 Å². The van der Waals surface area contributed by atoms with Gasteiger partial charge in [0.15, 0.2) is 11.6 Å². The van der Waals surface area contributed by atoms with E-state index in [1.54, 1.807) is 0 Å². The Morgan fingerprint density at radius 3 is 1.32 bits per heavy atom. The first-order valence-corrected chi connectivity index (χ1v) is 24.8. The zero-order valence-corrected chi connectivity index (χ0v) is 38.2. The number of esters is 4. The molecule has 8 aliphatic carbocycles. The van der Waals surface area contributed by atoms with Gasteiger partial charge in [0.25, 0.3) is 0 Å². The minimum atomic E-state index is -0.465. The molecule has 0 heterocycles. The molecule has 8 aliphatic rings. The van der Waals surface area contributed by atoms with Crippen LogP contribution in [0.1, 0.15) is 182 Å². The van der Waals surface area contributed by atoms with Crippen molar-refractivity contribution in [2.75, 3.05) is 13.2 Å². The van der Waals surface area contributed by atoms with Crippen LogP contribution >= 0.6 is 0 Å². The van der Waals surface area contributed by atoms with Gasteiger partial charge in [0.2, 0.25) is 0 Å². The quantitative estimate of drug-likeness (QED) is 0.0888. The van der Waals surface area contributed by atoms with Crippen LogP contribution in [-0.4, -0.2) is 60.9 Å². The third kappa shape index (κ3) is 8.76. The van der Waals surface area contributed by atoms with Crippen molar-refractivity contribution in [1.82, 2.24) is 0 Å². The SMILES string of the molecule is C[C@]12CC[C@H]3[C@@H](CCC4=CC(=O)CC[C@@]43C)[C@@H]1CC[C@@H]2OC(=O)CCCCOC(=O)CCC(=O)OCCCCC(=O)O[C@H]1CC[C@H]2[C@@H]3CCC4=CC(=O)CC[C@]4(C)[C@H]3CC[C@]12C. The average molecular weight is 859 g/mol. The minimum Gasteiger partial charge on any atom is -0.466 e. The molecule has 0 amide bonds. The van der Waals surface area contributed by atoms with Gasteiger partial charge in [-0.2, -0.15) is 0 Å². The highest BCUT2D eigenvalue weighted by Gasteiger charge is 2.61. The Labute approximate surface area is 369 Å². The maximum atomic E-state index is 13.0. The monoisotopic (exact) mass is 859 g/mol. The Bertz CT molecular complexity index is 1700. The number of hydrogen-bond donors (Lipinski definition) is 0. The Balaban J connectivity index is 0.655. The molecular formula is C52H74O10. The summed E-state index contributed by atoms with van der Waals surface area (Å²) in [5, 5.41) is 0. The van der Waals surface area contributed by atoms with E-state index >= 15 is 0 Å². The van der Waals surface area contributed by atoms with Crippen LogP contribution in [0.15, 0.2) is 23.3 Å². The summed E-state index contributed by atoms with van der Waals surface area (Å²) in [6, 6.07) is 0. The van der Waals surface area contributed by atoms with Gasteiger partial charge >= 0.3 is 23.9 Å². The number of hydrogen-bond acceptors (Lipinski definition) is 10. The number of unbranched alkanes of at least 4 members (excludes halogenated alkanes) is 2. The predicted molar refractivity (Wildman–Crippen MR) is 232 cm³/mol. The van der Waals surface area contributed by atoms with E-state index in [4.69, 9.17) is 18.9 Å². The van der Waals surface area contributed by atoms with Crippen molar-refractivity contribution in [2.24, 2.45) is 57.2 Å². The summed E-state index contributed by atoms with van der Waals surface area (Å²) in [7, 11) is 0. The Hall–Kier alpha value is -3.30. The van der Waals surface area contributed by atoms with Gasteiger partial charge in [0, 0.05) is 36.5 Å². The number of fused-ring (bicyclic) bond motifs is 10. The van der Waals surface area contributed by atoms with Crippen LogP contribution < -0.4 is 0 Å². The maximum Gasteiger partial charge on any atom is 0.306 e. The van der Waals surface area contributed by atoms with E-state index in [1.807, 2.05) is 12.2 Å². The van der Waals surface area contributed by atoms with Gasteiger partial charge in [-0.1, -0.05) is 38.8 Å². The Morgan fingerprint density at radius 1 is 0.484 bits per heavy atom. The van der Waals surface area contributed by atoms with Gasteiger partial charge in [-0.25, -0.2) is 0 Å². The normalized spacial score (nSPS) is 39.4. The molecule has 0 aromatic heterocycles. The van der Waals surface area contributed by atoms with E-state index in [1.165, 1.54) is 11.1 Å². The average Bonchev–Trinajstić information content (AvgIpc) is 3.75. The predicted octanol–water partition coefficient (Wildman–Crippen LogP) is 10.1. The van der Waals surface area contributed by atoms with Gasteiger partial charge in [-0.3, -0.25) is 28.8 Å². The smallest absolute Gasteiger partial charge is 0.306 e. The van der Waals surface area contributed by atoms with Crippen molar-refractivity contribution in [2.45, 2.75) is 194 Å². The fourth-order valence-electron chi connectivity index (χ4n) is 15.3. The topological polar surface area (TPSA) is 139 Å². The van der Waals surface area contributed by atoms with Crippen LogP contribution in [0.4, 0.5) is 0 Å². The largest absolute Gasteiger partial charge is 0.466 e. The summed E-state index contributed by atoms with van der Waals surface area (Å²) in [6.45, 7) is 9.85. The second-order valence-corrected chi connectivity index (χ2v) is 22.0. The lowest BCUT2D eigenvalue weighted by molar-refractivity contribution is -0.161. The summed E-state index contributed by atoms with van der Waals surface area (Å²) in [5.41, 5.74) is 3.03. The van der Waals surface area contributed by atoms with Crippen molar-refractivity contribution in [1.29, 1.82) is 0 Å². The van der Waals surface area contributed by atoms with E-state index in [0.717, 1.165) is 89.9 Å². The van der Waals surface area contributed by atoms with Crippen LogP contribution in [0.25, 0.3) is 0 Å². The summed E-state index contributed by atoms with van der Waals surface area (Å²) in [6.07, 6.45) is 22.4. The Morgan fingerprint density at radius 2 is 0.903 bits per heavy atom. The van der Waals surface area contributed by atoms with Gasteiger partial charge in [-0.15, -0.1) is 0 Å². The van der Waals surface area contributed by atoms with Crippen LogP contribution in [0, 0.1) is 57.2 Å². The fourth-order valence-corrected chi connectivity index (χ4v) is 15.3. The molecule has 8 rings (SSSR count). The summed E-state index contributed by atoms with van der Waals surface area (Å²) in [5.74, 6) is 2.85. The van der Waals surface area contributed by atoms with Crippen LogP contribution in [0.3, 0.4) is 0 Å². The summed E-state index contributed by atoms with van der Waals surface area (Å²) in [4.78, 5) is 74.9. The lowest BCUT2D eigenvalue weighted by atomic mass is 9.47. The van der Waals surface area contributed by atoms with Crippen molar-refractivity contribution < 1.29 is 47.7 Å². The van der Waals surface area contributed by atoms with E-state index < -0.39 is 11.9 Å². The maximum absolute atomic E-state index is 13.0. The minimum absolute atomic E-state index is 0.000584. The van der Waals surface area contributed by atoms with Crippen molar-refractivity contribution in [3.8, 4) is 0 Å². The number of rotatable bonds is 15. The summed E-state index contributed by atoms with van der Waals surface area (Å²) >= 11 is 0. The number of carbonyl (C=O) groups is 6. The second-order valence-electron chi connectivity index (χ2n) is 22.0. The fraction of sp³-hybridized carbons (Fsp3) is 0.808. The van der Waals surface area contributed by atoms with Crippen LogP contribution in [0.5, 0.6) is 0 Å². The first kappa shape index (κ1) is 45.3. The van der Waals surface area contributed by atoms with Crippen molar-refractivity contribution in [3.05, 3.63) is 23.3 Å². The number of ether oxygens (including phenoxy) is 4. The molecular weight excluding hydrogens is 785 g/mol. The van der Waals surface area contributed by atoms with E-state index in [9.17, 15) is 28.8 Å². The van der Waals surface area contributed by atoms with Gasteiger partial charge in [0.05, 0.1) is 26.1 Å². The second kappa shape index (κ2) is 18.3. The van der Waals surface area contributed by atoms with Gasteiger partial charge in [-0.05, 0) is 174 Å². The number of ketones is 2. The standard InChI is InChI=1S/C52H74O10/c1-49-25-21-35(53)31-33(49)11-13-37-39-15-17-43(51(39,3)27-23-41(37)49)61-47(57)9-5-7-29-59-45(55)19-20-46(56)60-30-8-6-10-48(58)62-44-18-16-40-38-14-12-34-32-36(54)22-26-50(34,2)42(38)24-28-52(40,44)4/h31-32,37-44H,5-30H2,1-4H3/t37-,38-,39-,40-,41-,42-,43-,44-,49-,50-,51-,52-/m0/s1. The molecule has 6 saturated carbocycles. The molecule has 0 aromatic rings. The molecule has 0 unspecified atom stereocenters. The highest BCUT2D eigenvalue weighted by atomic mass is 16.6. The summed E-state index contributed by atoms with van der Waals surface area (Å²) < 4.78 is 23.0. The van der Waals surface area contributed by atoms with Crippen LogP contribution in [0.2, 0.25) is 0 Å². The molecule has 0 aromatic carbocycles. The zero-order valence-electron chi connectivity index (χ0n) is 38.2. The molecule has 0 saturated heterocycles. The highest BCUT2D eigenvalue weighted by Crippen LogP contribution is 2.67. The first-order chi connectivity index (χ1) is 29.6. The van der Waals surface area contributed by atoms with Crippen molar-refractivity contribution >= 4 is 35.4 Å². The lowest BCUT2D eigenvalue weighted by Gasteiger charge is -2.57. The number of allylic oxidation sites excluding steroid dienone is 2. The molecule has 0 radical (unpaired) electrons. The highest BCUT2D eigenvalue weighted by molar-refractivity contribution is 5.92. The van der Waals surface area contributed by atoms with Gasteiger partial charge < -0.3 is 18.9 Å². The molecule has 62 heavy (non-hydrogen) atoms. The third-order valence-electron chi connectivity index (χ3n) is 18.9. The molecule has 0 N–H and O–H groups in total. The molecule has 10 nitrogen and oxygen atoms in total. The molecule has 0 spiro atoms. The zero-order chi connectivity index (χ0) is 43.9. The molecule has 0 bridgehead atoms. The molecule has 342 valence electrons. The van der Waals surface area contributed by atoms with E-state index in [0.29, 0.717) is 74.0 Å². The van der Waals surface area contributed by atoms with E-state index in [-0.39, 0.29) is 96.3 Å².